The maximum atomic E-state index is 12.7. The van der Waals surface area contributed by atoms with Crippen LogP contribution in [0.5, 0.6) is 0 Å². The smallest absolute Gasteiger partial charge is 0.481 e. The van der Waals surface area contributed by atoms with E-state index in [0.29, 0.717) is 12.8 Å². The third-order valence-electron chi connectivity index (χ3n) is 8.53. The first-order chi connectivity index (χ1) is 28.8. The van der Waals surface area contributed by atoms with Gasteiger partial charge in [-0.15, -0.1) is 0 Å². The number of nitrogens with two attached hydrogens (primary N) is 1. The summed E-state index contributed by atoms with van der Waals surface area (Å²) in [4.78, 5) is 98.3. The van der Waals surface area contributed by atoms with E-state index in [1.54, 1.807) is 6.08 Å². The van der Waals surface area contributed by atoms with Gasteiger partial charge in [0, 0.05) is 43.5 Å². The quantitative estimate of drug-likeness (QED) is 0.0309. The standard InChI is InChI=1S/C31H50N7O20P3S/c1-31(2,26(45)29(46)34-11-10-20(40)33-12-13-62-22(43)9-5-7-18(39)6-3-4-8-21(41)42)15-55-61(52,53)58-60(50,51)54-14-19-25(57-59(47,48)49)24(44)30(56-19)38-17-37-23-27(32)35-16-36-28(23)38/h3,6,16-19,24-26,30,39,44-45H,4-5,7-15H2,1-2H3,(H,33,40)(H,34,46)(H,41,42)(H,50,51)(H,52,53)(H2,32,35,36)(H2,47,48,49)/b6-3+. The fourth-order valence-corrected chi connectivity index (χ4v) is 8.93. The second kappa shape index (κ2) is 23.6. The van der Waals surface area contributed by atoms with Crippen molar-refractivity contribution < 1.29 is 95.5 Å². The molecule has 350 valence electrons. The first kappa shape index (κ1) is 53.1. The normalized spacial score (nSPS) is 21.3. The maximum absolute atomic E-state index is 12.7. The van der Waals surface area contributed by atoms with Gasteiger partial charge in [-0.05, 0) is 19.3 Å². The van der Waals surface area contributed by atoms with E-state index in [9.17, 15) is 67.8 Å². The summed E-state index contributed by atoms with van der Waals surface area (Å²) >= 11 is 0.982. The molecule has 27 nitrogen and oxygen atoms in total. The molecule has 0 aliphatic carbocycles. The first-order valence-electron chi connectivity index (χ1n) is 18.4. The molecule has 3 rings (SSSR count). The number of carbonyl (C=O) groups is 4. The summed E-state index contributed by atoms with van der Waals surface area (Å²) in [6, 6.07) is 0. The van der Waals surface area contributed by atoms with E-state index in [1.807, 2.05) is 0 Å². The van der Waals surface area contributed by atoms with Crippen molar-refractivity contribution in [3.05, 3.63) is 24.8 Å². The second-order valence-electron chi connectivity index (χ2n) is 14.1. The van der Waals surface area contributed by atoms with E-state index in [0.717, 1.165) is 29.0 Å². The number of imidazole rings is 1. The summed E-state index contributed by atoms with van der Waals surface area (Å²) in [7, 11) is -16.5. The highest BCUT2D eigenvalue weighted by Gasteiger charge is 2.50. The average Bonchev–Trinajstić information content (AvgIpc) is 3.73. The van der Waals surface area contributed by atoms with Gasteiger partial charge in [0.1, 0.15) is 36.3 Å². The number of aliphatic hydroxyl groups is 3. The number of aliphatic carboxylic acids is 1. The van der Waals surface area contributed by atoms with Gasteiger partial charge in [-0.2, -0.15) is 4.31 Å². The number of nitrogens with one attached hydrogen (secondary N) is 2. The summed E-state index contributed by atoms with van der Waals surface area (Å²) in [6.07, 6.45) is -3.71. The number of carboxylic acids is 1. The molecule has 1 aliphatic heterocycles. The van der Waals surface area contributed by atoms with Crippen LogP contribution in [0.15, 0.2) is 24.8 Å². The molecule has 2 aromatic rings. The lowest BCUT2D eigenvalue weighted by Crippen LogP contribution is -2.46. The molecule has 2 amide bonds. The fraction of sp³-hybridized carbons (Fsp3) is 0.645. The van der Waals surface area contributed by atoms with Gasteiger partial charge in [-0.1, -0.05) is 37.8 Å². The molecule has 8 unspecified atom stereocenters. The minimum absolute atomic E-state index is 0.0187. The van der Waals surface area contributed by atoms with Crippen molar-refractivity contribution >= 4 is 75.1 Å². The first-order valence-corrected chi connectivity index (χ1v) is 23.9. The molecule has 8 atom stereocenters. The molecule has 2 aromatic heterocycles. The zero-order chi connectivity index (χ0) is 46.5. The van der Waals surface area contributed by atoms with Crippen LogP contribution in [0.25, 0.3) is 11.2 Å². The topological polar surface area (TPSA) is 421 Å². The fourth-order valence-electron chi connectivity index (χ4n) is 5.38. The minimum Gasteiger partial charge on any atom is -0.481 e. The van der Waals surface area contributed by atoms with Crippen molar-refractivity contribution in [2.24, 2.45) is 5.41 Å². The molecule has 0 bridgehead atoms. The van der Waals surface area contributed by atoms with Gasteiger partial charge in [0.15, 0.2) is 22.8 Å². The molecular formula is C31H50N7O20P3S. The van der Waals surface area contributed by atoms with Crippen LogP contribution in [0.4, 0.5) is 5.82 Å². The van der Waals surface area contributed by atoms with Gasteiger partial charge in [-0.25, -0.2) is 28.6 Å². The highest BCUT2D eigenvalue weighted by atomic mass is 32.2. The van der Waals surface area contributed by atoms with Crippen molar-refractivity contribution in [2.75, 3.05) is 37.8 Å². The number of aromatic nitrogens is 4. The molecule has 1 fully saturated rings. The van der Waals surface area contributed by atoms with Gasteiger partial charge < -0.3 is 61.1 Å². The minimum atomic E-state index is -5.60. The predicted octanol–water partition coefficient (Wildman–Crippen LogP) is -0.383. The average molecular weight is 966 g/mol. The van der Waals surface area contributed by atoms with Gasteiger partial charge in [0.2, 0.25) is 11.8 Å². The maximum Gasteiger partial charge on any atom is 0.481 e. The Morgan fingerprint density at radius 1 is 1.02 bits per heavy atom. The zero-order valence-corrected chi connectivity index (χ0v) is 36.6. The Balaban J connectivity index is 1.40. The summed E-state index contributed by atoms with van der Waals surface area (Å²) < 4.78 is 62.1. The monoisotopic (exact) mass is 965 g/mol. The lowest BCUT2D eigenvalue weighted by Gasteiger charge is -2.30. The number of nitrogen functional groups attached to an aromatic ring is 1. The Morgan fingerprint density at radius 2 is 1.71 bits per heavy atom. The van der Waals surface area contributed by atoms with Crippen LogP contribution in [0.2, 0.25) is 0 Å². The number of fused-ring (bicyclic) bond motifs is 1. The number of thioether (sulfide) groups is 1. The number of ether oxygens (including phenoxy) is 1. The van der Waals surface area contributed by atoms with Crippen molar-refractivity contribution in [3.63, 3.8) is 0 Å². The molecule has 12 N–H and O–H groups in total. The number of rotatable bonds is 27. The van der Waals surface area contributed by atoms with Gasteiger partial charge in [0.05, 0.1) is 25.6 Å². The van der Waals surface area contributed by atoms with Crippen molar-refractivity contribution in [1.82, 2.24) is 30.2 Å². The number of amides is 2. The van der Waals surface area contributed by atoms with Crippen LogP contribution in [-0.4, -0.2) is 145 Å². The number of hydrogen-bond donors (Lipinski definition) is 11. The molecule has 62 heavy (non-hydrogen) atoms. The van der Waals surface area contributed by atoms with Crippen LogP contribution < -0.4 is 16.4 Å². The van der Waals surface area contributed by atoms with E-state index in [2.05, 4.69) is 34.4 Å². The van der Waals surface area contributed by atoms with Crippen molar-refractivity contribution in [3.8, 4) is 0 Å². The Morgan fingerprint density at radius 3 is 2.39 bits per heavy atom. The number of carboxylic acid groups (broad SMARTS) is 1. The number of hydrogen-bond acceptors (Lipinski definition) is 20. The van der Waals surface area contributed by atoms with Gasteiger partial charge in [-0.3, -0.25) is 37.3 Å². The van der Waals surface area contributed by atoms with E-state index in [4.69, 9.17) is 24.6 Å². The molecule has 3 heterocycles. The third kappa shape index (κ3) is 17.7. The lowest BCUT2D eigenvalue weighted by molar-refractivity contribution is -0.137. The number of phosphoric ester groups is 3. The number of carbonyl (C=O) groups excluding carboxylic acids is 3. The number of allylic oxidation sites excluding steroid dienone is 1. The van der Waals surface area contributed by atoms with E-state index >= 15 is 0 Å². The van der Waals surface area contributed by atoms with Crippen LogP contribution in [0.1, 0.15) is 58.6 Å². The molecule has 31 heteroatoms. The van der Waals surface area contributed by atoms with Crippen LogP contribution >= 0.6 is 35.2 Å². The predicted molar refractivity (Wildman–Crippen MR) is 213 cm³/mol. The summed E-state index contributed by atoms with van der Waals surface area (Å²) in [6.45, 7) is 0.278. The van der Waals surface area contributed by atoms with Crippen LogP contribution in [0, 0.1) is 5.41 Å². The Hall–Kier alpha value is -3.27. The lowest BCUT2D eigenvalue weighted by atomic mass is 9.87. The highest BCUT2D eigenvalue weighted by molar-refractivity contribution is 8.13. The Kier molecular flexibility index (Phi) is 20.2. The SMILES string of the molecule is CC(C)(COP(=O)(O)OP(=O)(O)OCC1OC(n2cnc3c(N)ncnc32)C(O)C1OP(=O)(O)O)C(O)C(=O)NCCC(=O)NCCSC(=O)CCCC(O)/C=C/CCC(=O)O. The largest absolute Gasteiger partial charge is 0.481 e. The van der Waals surface area contributed by atoms with Crippen molar-refractivity contribution in [1.29, 1.82) is 0 Å². The Labute approximate surface area is 357 Å². The van der Waals surface area contributed by atoms with E-state index < -0.39 is 96.6 Å². The molecule has 0 spiro atoms. The number of anilines is 1. The molecule has 0 radical (unpaired) electrons. The summed E-state index contributed by atoms with van der Waals surface area (Å²) in [5, 5.41) is 44.7. The van der Waals surface area contributed by atoms with E-state index in [1.165, 1.54) is 19.9 Å². The molecule has 0 saturated carbocycles. The number of phosphoric acid groups is 3. The summed E-state index contributed by atoms with van der Waals surface area (Å²) in [5.74, 6) is -2.25. The molecule has 1 saturated heterocycles. The summed E-state index contributed by atoms with van der Waals surface area (Å²) in [5.41, 5.74) is 4.20. The van der Waals surface area contributed by atoms with Crippen LogP contribution in [-0.2, 0) is 55.5 Å². The number of nitrogens with zero attached hydrogens (tertiary/aromatic N) is 4. The van der Waals surface area contributed by atoms with Crippen LogP contribution in [0.3, 0.4) is 0 Å². The van der Waals surface area contributed by atoms with Gasteiger partial charge in [0.25, 0.3) is 0 Å². The third-order valence-corrected chi connectivity index (χ3v) is 12.6. The second-order valence-corrected chi connectivity index (χ2v) is 19.5. The highest BCUT2D eigenvalue weighted by Crippen LogP contribution is 2.61. The molecule has 0 aromatic carbocycles. The van der Waals surface area contributed by atoms with E-state index in [-0.39, 0.29) is 66.6 Å². The Bertz CT molecular complexity index is 2040. The zero-order valence-electron chi connectivity index (χ0n) is 33.1. The molecular weight excluding hydrogens is 915 g/mol. The molecule has 1 aliphatic rings. The number of aliphatic hydroxyl groups excluding tert-OH is 3. The van der Waals surface area contributed by atoms with Gasteiger partial charge >= 0.3 is 29.4 Å². The van der Waals surface area contributed by atoms with Crippen molar-refractivity contribution in [2.45, 2.75) is 89.1 Å².